The molecule has 2 aliphatic rings. The summed E-state index contributed by atoms with van der Waals surface area (Å²) >= 11 is 0. The molecule has 0 bridgehead atoms. The van der Waals surface area contributed by atoms with Gasteiger partial charge in [-0.2, -0.15) is 18.3 Å². The zero-order chi connectivity index (χ0) is 23.3. The van der Waals surface area contributed by atoms with E-state index in [1.54, 1.807) is 7.11 Å². The molecule has 1 N–H and O–H groups in total. The SMILES string of the molecule is COCC1c2c(cnn2CC2CC2)CCN1C(=O)Cc1ccccc1.O=C(O)C(F)(F)F. The summed E-state index contributed by atoms with van der Waals surface area (Å²) in [6.07, 6.45) is 0.799. The first-order valence-electron chi connectivity index (χ1n) is 10.4. The van der Waals surface area contributed by atoms with Crippen LogP contribution in [-0.2, 0) is 33.7 Å². The van der Waals surface area contributed by atoms with Crippen molar-refractivity contribution in [2.75, 3.05) is 20.3 Å². The van der Waals surface area contributed by atoms with Crippen molar-refractivity contribution in [1.29, 1.82) is 0 Å². The fraction of sp³-hybridized carbons (Fsp3) is 0.500. The Kier molecular flexibility index (Phi) is 7.55. The fourth-order valence-electron chi connectivity index (χ4n) is 3.74. The zero-order valence-corrected chi connectivity index (χ0v) is 17.7. The summed E-state index contributed by atoms with van der Waals surface area (Å²) in [4.78, 5) is 23.9. The maximum absolute atomic E-state index is 13.0. The average molecular weight is 453 g/mol. The molecule has 32 heavy (non-hydrogen) atoms. The topological polar surface area (TPSA) is 84.7 Å². The number of fused-ring (bicyclic) bond motifs is 1. The van der Waals surface area contributed by atoms with Gasteiger partial charge in [0, 0.05) is 20.2 Å². The van der Waals surface area contributed by atoms with Crippen LogP contribution < -0.4 is 0 Å². The smallest absolute Gasteiger partial charge is 0.475 e. The lowest BCUT2D eigenvalue weighted by Crippen LogP contribution is -2.43. The third kappa shape index (κ3) is 6.09. The predicted molar refractivity (Wildman–Crippen MR) is 109 cm³/mol. The molecular formula is C22H26F3N3O4. The molecule has 10 heteroatoms. The van der Waals surface area contributed by atoms with Gasteiger partial charge in [0.15, 0.2) is 0 Å². The van der Waals surface area contributed by atoms with Gasteiger partial charge in [-0.05, 0) is 36.3 Å². The van der Waals surface area contributed by atoms with Crippen molar-refractivity contribution in [3.63, 3.8) is 0 Å². The van der Waals surface area contributed by atoms with E-state index >= 15 is 0 Å². The van der Waals surface area contributed by atoms with Crippen LogP contribution in [0.15, 0.2) is 36.5 Å². The molecule has 4 rings (SSSR count). The predicted octanol–water partition coefficient (Wildman–Crippen LogP) is 3.24. The number of carboxylic acid groups (broad SMARTS) is 1. The van der Waals surface area contributed by atoms with Crippen LogP contribution in [0.5, 0.6) is 0 Å². The number of benzene rings is 1. The lowest BCUT2D eigenvalue weighted by atomic mass is 9.99. The number of hydrogen-bond donors (Lipinski definition) is 1. The Morgan fingerprint density at radius 2 is 1.88 bits per heavy atom. The van der Waals surface area contributed by atoms with Crippen molar-refractivity contribution in [2.24, 2.45) is 5.92 Å². The monoisotopic (exact) mass is 453 g/mol. The van der Waals surface area contributed by atoms with Crippen LogP contribution in [0.25, 0.3) is 0 Å². The Balaban J connectivity index is 0.000000360. The molecule has 1 aromatic carbocycles. The molecule has 1 aliphatic heterocycles. The molecule has 1 saturated carbocycles. The minimum Gasteiger partial charge on any atom is -0.475 e. The number of alkyl halides is 3. The summed E-state index contributed by atoms with van der Waals surface area (Å²) in [5.41, 5.74) is 3.51. The minimum absolute atomic E-state index is 0.0359. The molecule has 2 aromatic rings. The number of halogens is 3. The highest BCUT2D eigenvalue weighted by Crippen LogP contribution is 2.35. The van der Waals surface area contributed by atoms with Gasteiger partial charge < -0.3 is 14.7 Å². The van der Waals surface area contributed by atoms with E-state index in [-0.39, 0.29) is 11.9 Å². The van der Waals surface area contributed by atoms with Crippen LogP contribution in [0.3, 0.4) is 0 Å². The van der Waals surface area contributed by atoms with Gasteiger partial charge in [-0.25, -0.2) is 4.79 Å². The standard InChI is InChI=1S/C20H25N3O2.C2HF3O2/c1-25-14-18-20-17(12-21-23(20)13-16-7-8-16)9-10-22(18)19(24)11-15-5-3-2-4-6-15;3-2(4,5)1(6)7/h2-6,12,16,18H,7-11,13-14H2,1H3;(H,6,7). The minimum atomic E-state index is -5.08. The number of amides is 1. The van der Waals surface area contributed by atoms with E-state index in [1.807, 2.05) is 41.4 Å². The second-order valence-electron chi connectivity index (χ2n) is 7.95. The Morgan fingerprint density at radius 3 is 2.44 bits per heavy atom. The number of ether oxygens (including phenoxy) is 1. The largest absolute Gasteiger partial charge is 0.490 e. The van der Waals surface area contributed by atoms with Crippen molar-refractivity contribution in [3.05, 3.63) is 53.3 Å². The van der Waals surface area contributed by atoms with Crippen LogP contribution in [0.1, 0.15) is 35.7 Å². The van der Waals surface area contributed by atoms with Gasteiger partial charge in [-0.15, -0.1) is 0 Å². The molecule has 1 aliphatic carbocycles. The molecule has 7 nitrogen and oxygen atoms in total. The van der Waals surface area contributed by atoms with E-state index in [9.17, 15) is 18.0 Å². The third-order valence-corrected chi connectivity index (χ3v) is 5.49. The van der Waals surface area contributed by atoms with E-state index in [1.165, 1.54) is 24.1 Å². The highest BCUT2D eigenvalue weighted by molar-refractivity contribution is 5.79. The Bertz CT molecular complexity index is 926. The van der Waals surface area contributed by atoms with Gasteiger partial charge in [0.2, 0.25) is 5.91 Å². The van der Waals surface area contributed by atoms with Gasteiger partial charge in [-0.3, -0.25) is 9.48 Å². The molecule has 1 fully saturated rings. The summed E-state index contributed by atoms with van der Waals surface area (Å²) in [6.45, 7) is 2.22. The molecule has 0 spiro atoms. The average Bonchev–Trinajstić information content (AvgIpc) is 3.47. The third-order valence-electron chi connectivity index (χ3n) is 5.49. The van der Waals surface area contributed by atoms with E-state index in [0.29, 0.717) is 13.0 Å². The van der Waals surface area contributed by atoms with Crippen molar-refractivity contribution in [2.45, 2.75) is 44.4 Å². The van der Waals surface area contributed by atoms with Crippen LogP contribution >= 0.6 is 0 Å². The van der Waals surface area contributed by atoms with Gasteiger partial charge in [0.25, 0.3) is 0 Å². The number of methoxy groups -OCH3 is 1. The molecule has 1 unspecified atom stereocenters. The fourth-order valence-corrected chi connectivity index (χ4v) is 3.74. The Labute approximate surface area is 183 Å². The molecule has 2 heterocycles. The van der Waals surface area contributed by atoms with E-state index in [2.05, 4.69) is 9.78 Å². The quantitative estimate of drug-likeness (QED) is 0.726. The molecule has 1 aromatic heterocycles. The van der Waals surface area contributed by atoms with E-state index in [0.717, 1.165) is 31.0 Å². The first kappa shape index (κ1) is 23.8. The molecule has 174 valence electrons. The second kappa shape index (κ2) is 10.2. The summed E-state index contributed by atoms with van der Waals surface area (Å²) < 4.78 is 39.3. The lowest BCUT2D eigenvalue weighted by molar-refractivity contribution is -0.192. The maximum Gasteiger partial charge on any atom is 0.490 e. The van der Waals surface area contributed by atoms with Gasteiger partial charge in [0.05, 0.1) is 31.0 Å². The molecule has 1 amide bonds. The van der Waals surface area contributed by atoms with Gasteiger partial charge >= 0.3 is 12.1 Å². The molecule has 0 radical (unpaired) electrons. The van der Waals surface area contributed by atoms with E-state index < -0.39 is 12.1 Å². The van der Waals surface area contributed by atoms with Crippen molar-refractivity contribution in [1.82, 2.24) is 14.7 Å². The highest BCUT2D eigenvalue weighted by atomic mass is 19.4. The van der Waals surface area contributed by atoms with Gasteiger partial charge in [-0.1, -0.05) is 30.3 Å². The zero-order valence-electron chi connectivity index (χ0n) is 17.7. The number of hydrogen-bond acceptors (Lipinski definition) is 4. The number of carbonyl (C=O) groups excluding carboxylic acids is 1. The highest BCUT2D eigenvalue weighted by Gasteiger charge is 2.38. The lowest BCUT2D eigenvalue weighted by Gasteiger charge is -2.36. The normalized spacial score (nSPS) is 17.9. The Morgan fingerprint density at radius 1 is 1.22 bits per heavy atom. The Hall–Kier alpha value is -2.88. The number of nitrogens with zero attached hydrogens (tertiary/aromatic N) is 3. The number of rotatable bonds is 6. The second-order valence-corrected chi connectivity index (χ2v) is 7.95. The number of aliphatic carboxylic acids is 1. The van der Waals surface area contributed by atoms with Crippen LogP contribution in [-0.4, -0.2) is 58.1 Å². The van der Waals surface area contributed by atoms with Crippen molar-refractivity contribution in [3.8, 4) is 0 Å². The van der Waals surface area contributed by atoms with Crippen LogP contribution in [0.2, 0.25) is 0 Å². The van der Waals surface area contributed by atoms with E-state index in [4.69, 9.17) is 14.6 Å². The van der Waals surface area contributed by atoms with Crippen molar-refractivity contribution < 1.29 is 32.6 Å². The summed E-state index contributed by atoms with van der Waals surface area (Å²) in [6, 6.07) is 9.92. The molecule has 1 atom stereocenters. The van der Waals surface area contributed by atoms with Crippen LogP contribution in [0, 0.1) is 5.92 Å². The molecule has 0 saturated heterocycles. The summed E-state index contributed by atoms with van der Waals surface area (Å²) in [5, 5.41) is 11.7. The number of carboxylic acids is 1. The first-order chi connectivity index (χ1) is 15.2. The summed E-state index contributed by atoms with van der Waals surface area (Å²) in [5.74, 6) is -1.84. The number of carbonyl (C=O) groups is 2. The molecular weight excluding hydrogens is 427 g/mol. The first-order valence-corrected chi connectivity index (χ1v) is 10.4. The van der Waals surface area contributed by atoms with Gasteiger partial charge in [0.1, 0.15) is 0 Å². The number of aromatic nitrogens is 2. The van der Waals surface area contributed by atoms with Crippen molar-refractivity contribution >= 4 is 11.9 Å². The summed E-state index contributed by atoms with van der Waals surface area (Å²) in [7, 11) is 1.70. The van der Waals surface area contributed by atoms with Crippen LogP contribution in [0.4, 0.5) is 13.2 Å². The maximum atomic E-state index is 13.0.